The molecule has 1 N–H and O–H groups in total. The summed E-state index contributed by atoms with van der Waals surface area (Å²) in [6.07, 6.45) is 8.60. The van der Waals surface area contributed by atoms with E-state index in [0.29, 0.717) is 12.0 Å². The summed E-state index contributed by atoms with van der Waals surface area (Å²) in [5, 5.41) is 3.73. The molecule has 0 aromatic rings. The van der Waals surface area contributed by atoms with Gasteiger partial charge in [0.05, 0.1) is 6.10 Å². The lowest BCUT2D eigenvalue weighted by Gasteiger charge is -2.43. The fourth-order valence-electron chi connectivity index (χ4n) is 4.42. The molecule has 0 aliphatic carbocycles. The van der Waals surface area contributed by atoms with Gasteiger partial charge < -0.3 is 10.1 Å². The predicted molar refractivity (Wildman–Crippen MR) is 82.9 cm³/mol. The summed E-state index contributed by atoms with van der Waals surface area (Å²) in [5.41, 5.74) is 0. The highest BCUT2D eigenvalue weighted by atomic mass is 16.5. The van der Waals surface area contributed by atoms with Gasteiger partial charge in [0.1, 0.15) is 0 Å². The van der Waals surface area contributed by atoms with Gasteiger partial charge in [-0.05, 0) is 63.5 Å². The lowest BCUT2D eigenvalue weighted by Crippen LogP contribution is -2.50. The molecule has 4 atom stereocenters. The summed E-state index contributed by atoms with van der Waals surface area (Å²) in [5.74, 6) is 1.56. The Hall–Kier alpha value is -0.120. The summed E-state index contributed by atoms with van der Waals surface area (Å²) in [6, 6.07) is 1.58. The van der Waals surface area contributed by atoms with Gasteiger partial charge in [0.15, 0.2) is 0 Å². The van der Waals surface area contributed by atoms with Gasteiger partial charge in [-0.2, -0.15) is 0 Å². The molecular weight excluding hydrogens is 248 g/mol. The lowest BCUT2D eigenvalue weighted by atomic mass is 9.87. The number of nitrogens with one attached hydrogen (secondary N) is 1. The Morgan fingerprint density at radius 1 is 1.15 bits per heavy atom. The molecular formula is C17H32N2O. The maximum atomic E-state index is 5.95. The first-order valence-electron chi connectivity index (χ1n) is 8.83. The van der Waals surface area contributed by atoms with E-state index in [1.54, 1.807) is 0 Å². The molecule has 3 saturated heterocycles. The lowest BCUT2D eigenvalue weighted by molar-refractivity contribution is -0.0559. The van der Waals surface area contributed by atoms with E-state index >= 15 is 0 Å². The molecule has 3 fully saturated rings. The number of hydrogen-bond donors (Lipinski definition) is 1. The normalized spacial score (nSPS) is 40.4. The molecule has 0 spiro atoms. The average Bonchev–Trinajstić information content (AvgIpc) is 3.02. The number of nitrogens with zero attached hydrogens (tertiary/aromatic N) is 1. The number of ether oxygens (including phenoxy) is 1. The molecule has 3 rings (SSSR count). The van der Waals surface area contributed by atoms with Crippen LogP contribution in [0.15, 0.2) is 0 Å². The van der Waals surface area contributed by atoms with E-state index in [-0.39, 0.29) is 0 Å². The van der Waals surface area contributed by atoms with E-state index in [1.807, 2.05) is 0 Å². The number of piperidine rings is 1. The summed E-state index contributed by atoms with van der Waals surface area (Å²) >= 11 is 0. The molecule has 3 nitrogen and oxygen atoms in total. The molecule has 20 heavy (non-hydrogen) atoms. The fourth-order valence-corrected chi connectivity index (χ4v) is 4.42. The van der Waals surface area contributed by atoms with Gasteiger partial charge in [0.25, 0.3) is 0 Å². The van der Waals surface area contributed by atoms with Crippen molar-refractivity contribution < 1.29 is 4.74 Å². The van der Waals surface area contributed by atoms with Gasteiger partial charge >= 0.3 is 0 Å². The second-order valence-electron chi connectivity index (χ2n) is 7.43. The first-order valence-corrected chi connectivity index (χ1v) is 8.83. The molecule has 3 heterocycles. The smallest absolute Gasteiger partial charge is 0.0612 e. The Morgan fingerprint density at radius 3 is 2.80 bits per heavy atom. The van der Waals surface area contributed by atoms with E-state index < -0.39 is 0 Å². The van der Waals surface area contributed by atoms with Crippen LogP contribution in [0.25, 0.3) is 0 Å². The van der Waals surface area contributed by atoms with E-state index in [4.69, 9.17) is 4.74 Å². The van der Waals surface area contributed by atoms with Crippen molar-refractivity contribution >= 4 is 0 Å². The Labute approximate surface area is 124 Å². The predicted octanol–water partition coefficient (Wildman–Crippen LogP) is 2.65. The number of rotatable bonds is 3. The van der Waals surface area contributed by atoms with Crippen LogP contribution < -0.4 is 5.32 Å². The topological polar surface area (TPSA) is 24.5 Å². The summed E-state index contributed by atoms with van der Waals surface area (Å²) in [6.45, 7) is 9.46. The minimum Gasteiger partial charge on any atom is -0.378 e. The van der Waals surface area contributed by atoms with Crippen LogP contribution in [0, 0.1) is 11.8 Å². The van der Waals surface area contributed by atoms with Crippen molar-refractivity contribution in [1.29, 1.82) is 0 Å². The van der Waals surface area contributed by atoms with Crippen LogP contribution in [-0.4, -0.2) is 49.3 Å². The first-order chi connectivity index (χ1) is 9.74. The van der Waals surface area contributed by atoms with Crippen molar-refractivity contribution in [3.8, 4) is 0 Å². The van der Waals surface area contributed by atoms with Gasteiger partial charge in [-0.25, -0.2) is 0 Å². The van der Waals surface area contributed by atoms with Crippen LogP contribution >= 0.6 is 0 Å². The van der Waals surface area contributed by atoms with Crippen molar-refractivity contribution in [3.05, 3.63) is 0 Å². The Kier molecular flexibility index (Phi) is 5.00. The molecule has 0 radical (unpaired) electrons. The van der Waals surface area contributed by atoms with Crippen LogP contribution in [-0.2, 0) is 4.74 Å². The largest absolute Gasteiger partial charge is 0.378 e. The second-order valence-corrected chi connectivity index (χ2v) is 7.43. The highest BCUT2D eigenvalue weighted by Crippen LogP contribution is 2.30. The number of hydrogen-bond acceptors (Lipinski definition) is 3. The molecule has 0 saturated carbocycles. The van der Waals surface area contributed by atoms with E-state index in [2.05, 4.69) is 24.1 Å². The Morgan fingerprint density at radius 2 is 2.05 bits per heavy atom. The average molecular weight is 280 g/mol. The Bertz CT molecular complexity index is 301. The van der Waals surface area contributed by atoms with Gasteiger partial charge in [0.2, 0.25) is 0 Å². The van der Waals surface area contributed by atoms with E-state index in [9.17, 15) is 0 Å². The molecule has 0 aromatic carbocycles. The highest BCUT2D eigenvalue weighted by Gasteiger charge is 2.34. The van der Waals surface area contributed by atoms with Crippen molar-refractivity contribution in [3.63, 3.8) is 0 Å². The van der Waals surface area contributed by atoms with E-state index in [1.165, 1.54) is 58.2 Å². The monoisotopic (exact) mass is 280 g/mol. The third kappa shape index (κ3) is 3.37. The molecule has 3 heteroatoms. The third-order valence-corrected chi connectivity index (χ3v) is 5.70. The summed E-state index contributed by atoms with van der Waals surface area (Å²) in [7, 11) is 0. The van der Waals surface area contributed by atoms with Gasteiger partial charge in [0, 0.05) is 25.2 Å². The van der Waals surface area contributed by atoms with Crippen LogP contribution in [0.2, 0.25) is 0 Å². The van der Waals surface area contributed by atoms with Gasteiger partial charge in [-0.15, -0.1) is 0 Å². The van der Waals surface area contributed by atoms with Crippen molar-refractivity contribution in [2.24, 2.45) is 11.8 Å². The Balaban J connectivity index is 1.55. The van der Waals surface area contributed by atoms with Crippen LogP contribution in [0.5, 0.6) is 0 Å². The fraction of sp³-hybridized carbons (Fsp3) is 1.00. The first kappa shape index (κ1) is 14.8. The summed E-state index contributed by atoms with van der Waals surface area (Å²) in [4.78, 5) is 2.80. The zero-order chi connectivity index (χ0) is 13.9. The van der Waals surface area contributed by atoms with Crippen LogP contribution in [0.4, 0.5) is 0 Å². The third-order valence-electron chi connectivity index (χ3n) is 5.70. The van der Waals surface area contributed by atoms with Crippen molar-refractivity contribution in [2.45, 2.75) is 70.6 Å². The molecule has 116 valence electrons. The molecule has 4 unspecified atom stereocenters. The van der Waals surface area contributed by atoms with Crippen LogP contribution in [0.1, 0.15) is 52.4 Å². The molecule has 0 bridgehead atoms. The van der Waals surface area contributed by atoms with Crippen molar-refractivity contribution in [2.75, 3.05) is 26.2 Å². The standard InChI is InChI=1S/C17H32N2O/c1-13(2)17-11-15(7-10-20-17)19-9-4-5-14(12-19)16-6-3-8-18-16/h13-18H,3-12H2,1-2H3. The maximum Gasteiger partial charge on any atom is 0.0612 e. The minimum atomic E-state index is 0.485. The van der Waals surface area contributed by atoms with Gasteiger partial charge in [-0.3, -0.25) is 4.90 Å². The number of likely N-dealkylation sites (tertiary alicyclic amines) is 1. The van der Waals surface area contributed by atoms with Crippen molar-refractivity contribution in [1.82, 2.24) is 10.2 Å². The highest BCUT2D eigenvalue weighted by molar-refractivity contribution is 4.90. The SMILES string of the molecule is CC(C)C1CC(N2CCCC(C3CCCN3)C2)CCO1. The zero-order valence-corrected chi connectivity index (χ0v) is 13.3. The second kappa shape index (κ2) is 6.76. The molecule has 3 aliphatic heterocycles. The summed E-state index contributed by atoms with van der Waals surface area (Å²) < 4.78 is 5.95. The molecule has 3 aliphatic rings. The van der Waals surface area contributed by atoms with Gasteiger partial charge in [-0.1, -0.05) is 13.8 Å². The molecule has 0 aromatic heterocycles. The zero-order valence-electron chi connectivity index (χ0n) is 13.3. The van der Waals surface area contributed by atoms with Crippen LogP contribution in [0.3, 0.4) is 0 Å². The molecule has 0 amide bonds. The maximum absolute atomic E-state index is 5.95. The quantitative estimate of drug-likeness (QED) is 0.860. The minimum absolute atomic E-state index is 0.485. The van der Waals surface area contributed by atoms with E-state index in [0.717, 1.165) is 24.6 Å².